The van der Waals surface area contributed by atoms with Crippen LogP contribution in [-0.4, -0.2) is 11.8 Å². The lowest BCUT2D eigenvalue weighted by atomic mass is 10.4. The first-order chi connectivity index (χ1) is 6.22. The first kappa shape index (κ1) is 10.6. The van der Waals surface area contributed by atoms with E-state index in [1.165, 1.54) is 0 Å². The van der Waals surface area contributed by atoms with Crippen LogP contribution in [0.2, 0.25) is 5.02 Å². The van der Waals surface area contributed by atoms with Crippen molar-refractivity contribution in [1.29, 1.82) is 0 Å². The summed E-state index contributed by atoms with van der Waals surface area (Å²) in [4.78, 5) is 1.14. The summed E-state index contributed by atoms with van der Waals surface area (Å²) >= 11 is 7.52. The van der Waals surface area contributed by atoms with Gasteiger partial charge in [-0.3, -0.25) is 0 Å². The molecule has 1 atom stereocenters. The number of nitrogens with two attached hydrogens (primary N) is 1. The molecule has 3 heteroatoms. The summed E-state index contributed by atoms with van der Waals surface area (Å²) < 4.78 is 0. The SMILES string of the molecule is C=CC(N)CSc1cccc(Cl)c1. The maximum atomic E-state index is 5.83. The predicted molar refractivity (Wildman–Crippen MR) is 60.3 cm³/mol. The Morgan fingerprint density at radius 1 is 1.62 bits per heavy atom. The van der Waals surface area contributed by atoms with Crippen molar-refractivity contribution in [3.05, 3.63) is 41.9 Å². The van der Waals surface area contributed by atoms with Crippen LogP contribution >= 0.6 is 23.4 Å². The first-order valence-electron chi connectivity index (χ1n) is 3.99. The molecule has 0 aliphatic rings. The third-order valence-corrected chi connectivity index (χ3v) is 2.92. The van der Waals surface area contributed by atoms with E-state index in [-0.39, 0.29) is 6.04 Å². The number of hydrogen-bond donors (Lipinski definition) is 1. The fraction of sp³-hybridized carbons (Fsp3) is 0.200. The van der Waals surface area contributed by atoms with Crippen LogP contribution in [-0.2, 0) is 0 Å². The molecule has 0 saturated heterocycles. The van der Waals surface area contributed by atoms with Crippen LogP contribution in [0.1, 0.15) is 0 Å². The van der Waals surface area contributed by atoms with Crippen LogP contribution in [0, 0.1) is 0 Å². The lowest BCUT2D eigenvalue weighted by Gasteiger charge is -2.05. The molecule has 2 N–H and O–H groups in total. The van der Waals surface area contributed by atoms with Crippen LogP contribution < -0.4 is 5.73 Å². The molecule has 0 saturated carbocycles. The number of thioether (sulfide) groups is 1. The van der Waals surface area contributed by atoms with Crippen molar-refractivity contribution in [2.24, 2.45) is 5.73 Å². The topological polar surface area (TPSA) is 26.0 Å². The molecular weight excluding hydrogens is 202 g/mol. The molecule has 1 aromatic carbocycles. The minimum absolute atomic E-state index is 0.0454. The van der Waals surface area contributed by atoms with Crippen molar-refractivity contribution in [3.8, 4) is 0 Å². The van der Waals surface area contributed by atoms with Crippen LogP contribution in [0.4, 0.5) is 0 Å². The molecule has 0 amide bonds. The van der Waals surface area contributed by atoms with Gasteiger partial charge in [0, 0.05) is 21.7 Å². The fourth-order valence-electron chi connectivity index (χ4n) is 0.817. The average Bonchev–Trinajstić information content (AvgIpc) is 2.14. The zero-order valence-electron chi connectivity index (χ0n) is 7.24. The fourth-order valence-corrected chi connectivity index (χ4v) is 1.98. The Morgan fingerprint density at radius 3 is 3.00 bits per heavy atom. The highest BCUT2D eigenvalue weighted by Gasteiger charge is 1.98. The molecular formula is C10H12ClNS. The third-order valence-electron chi connectivity index (χ3n) is 1.54. The van der Waals surface area contributed by atoms with Gasteiger partial charge in [0.15, 0.2) is 0 Å². The van der Waals surface area contributed by atoms with Gasteiger partial charge in [0.25, 0.3) is 0 Å². The lowest BCUT2D eigenvalue weighted by Crippen LogP contribution is -2.18. The molecule has 0 radical (unpaired) electrons. The molecule has 0 bridgehead atoms. The summed E-state index contributed by atoms with van der Waals surface area (Å²) in [6.07, 6.45) is 1.75. The molecule has 70 valence electrons. The highest BCUT2D eigenvalue weighted by molar-refractivity contribution is 7.99. The van der Waals surface area contributed by atoms with E-state index < -0.39 is 0 Å². The molecule has 1 nitrogen and oxygen atoms in total. The molecule has 0 aromatic heterocycles. The van der Waals surface area contributed by atoms with E-state index in [0.29, 0.717) is 0 Å². The molecule has 1 rings (SSSR count). The molecule has 0 spiro atoms. The van der Waals surface area contributed by atoms with Crippen molar-refractivity contribution >= 4 is 23.4 Å². The Morgan fingerprint density at radius 2 is 2.38 bits per heavy atom. The van der Waals surface area contributed by atoms with E-state index in [1.807, 2.05) is 24.3 Å². The van der Waals surface area contributed by atoms with E-state index in [0.717, 1.165) is 15.7 Å². The van der Waals surface area contributed by atoms with Crippen molar-refractivity contribution in [1.82, 2.24) is 0 Å². The molecule has 13 heavy (non-hydrogen) atoms. The minimum Gasteiger partial charge on any atom is -0.324 e. The summed E-state index contributed by atoms with van der Waals surface area (Å²) in [6, 6.07) is 7.79. The van der Waals surface area contributed by atoms with Gasteiger partial charge in [-0.1, -0.05) is 23.7 Å². The van der Waals surface area contributed by atoms with Gasteiger partial charge in [0.2, 0.25) is 0 Å². The third kappa shape index (κ3) is 3.85. The normalized spacial score (nSPS) is 12.5. The number of halogens is 1. The monoisotopic (exact) mass is 213 g/mol. The number of hydrogen-bond acceptors (Lipinski definition) is 2. The highest BCUT2D eigenvalue weighted by Crippen LogP contribution is 2.21. The zero-order chi connectivity index (χ0) is 9.68. The van der Waals surface area contributed by atoms with Gasteiger partial charge < -0.3 is 5.73 Å². The van der Waals surface area contributed by atoms with Crippen LogP contribution in [0.3, 0.4) is 0 Å². The molecule has 0 aliphatic heterocycles. The Bertz CT molecular complexity index is 288. The Labute approximate surface area is 88.0 Å². The Hall–Kier alpha value is -0.440. The van der Waals surface area contributed by atoms with Crippen molar-refractivity contribution in [2.45, 2.75) is 10.9 Å². The standard InChI is InChI=1S/C10H12ClNS/c1-2-9(12)7-13-10-5-3-4-8(11)6-10/h2-6,9H,1,7,12H2. The number of rotatable bonds is 4. The van der Waals surface area contributed by atoms with Gasteiger partial charge in [0.05, 0.1) is 0 Å². The maximum Gasteiger partial charge on any atom is 0.0417 e. The van der Waals surface area contributed by atoms with E-state index in [4.69, 9.17) is 17.3 Å². The Balaban J connectivity index is 2.49. The summed E-state index contributed by atoms with van der Waals surface area (Å²) in [6.45, 7) is 3.63. The highest BCUT2D eigenvalue weighted by atomic mass is 35.5. The summed E-state index contributed by atoms with van der Waals surface area (Å²) in [7, 11) is 0. The van der Waals surface area contributed by atoms with E-state index in [1.54, 1.807) is 17.8 Å². The van der Waals surface area contributed by atoms with Gasteiger partial charge in [-0.25, -0.2) is 0 Å². The lowest BCUT2D eigenvalue weighted by molar-refractivity contribution is 0.943. The Kier molecular flexibility index (Phi) is 4.36. The molecule has 1 aromatic rings. The van der Waals surface area contributed by atoms with Gasteiger partial charge in [-0.05, 0) is 18.2 Å². The molecule has 0 fully saturated rings. The molecule has 0 aliphatic carbocycles. The van der Waals surface area contributed by atoms with Gasteiger partial charge in [-0.15, -0.1) is 18.3 Å². The summed E-state index contributed by atoms with van der Waals surface area (Å²) in [5.41, 5.74) is 5.69. The second-order valence-electron chi connectivity index (χ2n) is 2.67. The van der Waals surface area contributed by atoms with E-state index >= 15 is 0 Å². The minimum atomic E-state index is 0.0454. The molecule has 1 unspecified atom stereocenters. The van der Waals surface area contributed by atoms with Crippen molar-refractivity contribution in [3.63, 3.8) is 0 Å². The maximum absolute atomic E-state index is 5.83. The van der Waals surface area contributed by atoms with E-state index in [9.17, 15) is 0 Å². The quantitative estimate of drug-likeness (QED) is 0.615. The summed E-state index contributed by atoms with van der Waals surface area (Å²) in [5, 5.41) is 0.761. The second kappa shape index (κ2) is 5.32. The zero-order valence-corrected chi connectivity index (χ0v) is 8.81. The smallest absolute Gasteiger partial charge is 0.0417 e. The second-order valence-corrected chi connectivity index (χ2v) is 4.20. The first-order valence-corrected chi connectivity index (χ1v) is 5.35. The van der Waals surface area contributed by atoms with Gasteiger partial charge in [-0.2, -0.15) is 0 Å². The van der Waals surface area contributed by atoms with Gasteiger partial charge in [0.1, 0.15) is 0 Å². The van der Waals surface area contributed by atoms with Crippen LogP contribution in [0.15, 0.2) is 41.8 Å². The van der Waals surface area contributed by atoms with E-state index in [2.05, 4.69) is 6.58 Å². The average molecular weight is 214 g/mol. The van der Waals surface area contributed by atoms with Gasteiger partial charge >= 0.3 is 0 Å². The summed E-state index contributed by atoms with van der Waals surface area (Å²) in [5.74, 6) is 0.837. The predicted octanol–water partition coefficient (Wildman–Crippen LogP) is 2.95. The van der Waals surface area contributed by atoms with Crippen molar-refractivity contribution < 1.29 is 0 Å². The molecule has 0 heterocycles. The number of benzene rings is 1. The van der Waals surface area contributed by atoms with Crippen molar-refractivity contribution in [2.75, 3.05) is 5.75 Å². The largest absolute Gasteiger partial charge is 0.324 e. The van der Waals surface area contributed by atoms with Crippen LogP contribution in [0.25, 0.3) is 0 Å². The van der Waals surface area contributed by atoms with Crippen LogP contribution in [0.5, 0.6) is 0 Å².